The Bertz CT molecular complexity index is 374. The van der Waals surface area contributed by atoms with Crippen molar-refractivity contribution in [2.24, 2.45) is 11.7 Å². The maximum absolute atomic E-state index is 11.9. The zero-order valence-electron chi connectivity index (χ0n) is 10.9. The molecule has 0 saturated heterocycles. The third-order valence-corrected chi connectivity index (χ3v) is 3.00. The maximum Gasteiger partial charge on any atom is 0.228 e. The van der Waals surface area contributed by atoms with Crippen molar-refractivity contribution in [3.8, 4) is 0 Å². The maximum atomic E-state index is 11.9. The van der Waals surface area contributed by atoms with E-state index in [1.54, 1.807) is 0 Å². The number of carbonyl (C=O) groups is 1. The van der Waals surface area contributed by atoms with Crippen LogP contribution in [0.1, 0.15) is 32.8 Å². The molecule has 1 aromatic rings. The molecule has 0 fully saturated rings. The molecule has 1 amide bonds. The van der Waals surface area contributed by atoms with Gasteiger partial charge in [0.05, 0.1) is 5.92 Å². The smallest absolute Gasteiger partial charge is 0.228 e. The molecule has 0 saturated carbocycles. The third kappa shape index (κ3) is 3.86. The van der Waals surface area contributed by atoms with E-state index in [9.17, 15) is 4.79 Å². The number of carbonyl (C=O) groups excluding carboxylic acids is 1. The van der Waals surface area contributed by atoms with Gasteiger partial charge < -0.3 is 11.1 Å². The molecular weight excluding hydrogens is 212 g/mol. The molecule has 0 aliphatic rings. The Morgan fingerprint density at radius 2 is 2.00 bits per heavy atom. The first-order valence-electron chi connectivity index (χ1n) is 6.20. The van der Waals surface area contributed by atoms with Crippen molar-refractivity contribution in [1.29, 1.82) is 0 Å². The van der Waals surface area contributed by atoms with Gasteiger partial charge in [-0.25, -0.2) is 0 Å². The SMILES string of the molecule is CCCc1ccccc1NC(=O)C(C)C(C)N. The lowest BCUT2D eigenvalue weighted by molar-refractivity contribution is -0.119. The van der Waals surface area contributed by atoms with Crippen molar-refractivity contribution in [1.82, 2.24) is 0 Å². The minimum absolute atomic E-state index is 0.0106. The van der Waals surface area contributed by atoms with E-state index in [0.29, 0.717) is 0 Å². The van der Waals surface area contributed by atoms with Crippen LogP contribution in [-0.4, -0.2) is 11.9 Å². The van der Waals surface area contributed by atoms with Gasteiger partial charge in [-0.2, -0.15) is 0 Å². The van der Waals surface area contributed by atoms with Crippen molar-refractivity contribution in [2.45, 2.75) is 39.7 Å². The van der Waals surface area contributed by atoms with E-state index in [-0.39, 0.29) is 17.9 Å². The molecule has 0 spiro atoms. The molecule has 17 heavy (non-hydrogen) atoms. The summed E-state index contributed by atoms with van der Waals surface area (Å²) in [5, 5.41) is 2.96. The van der Waals surface area contributed by atoms with E-state index in [1.165, 1.54) is 5.56 Å². The molecule has 0 aromatic heterocycles. The second-order valence-corrected chi connectivity index (χ2v) is 4.54. The van der Waals surface area contributed by atoms with Crippen molar-refractivity contribution >= 4 is 11.6 Å². The molecule has 94 valence electrons. The lowest BCUT2D eigenvalue weighted by Gasteiger charge is -2.17. The summed E-state index contributed by atoms with van der Waals surface area (Å²) in [5.41, 5.74) is 7.82. The van der Waals surface area contributed by atoms with Crippen LogP contribution in [0.25, 0.3) is 0 Å². The summed E-state index contributed by atoms with van der Waals surface area (Å²) in [6.07, 6.45) is 2.04. The quantitative estimate of drug-likeness (QED) is 0.822. The first kappa shape index (κ1) is 13.7. The minimum atomic E-state index is -0.176. The average Bonchev–Trinajstić information content (AvgIpc) is 2.30. The number of nitrogens with one attached hydrogen (secondary N) is 1. The van der Waals surface area contributed by atoms with Gasteiger partial charge in [0.1, 0.15) is 0 Å². The molecule has 1 aromatic carbocycles. The van der Waals surface area contributed by atoms with E-state index in [1.807, 2.05) is 32.0 Å². The fraction of sp³-hybridized carbons (Fsp3) is 0.500. The average molecular weight is 234 g/mol. The second kappa shape index (κ2) is 6.40. The Kier molecular flexibility index (Phi) is 5.16. The van der Waals surface area contributed by atoms with Crippen molar-refractivity contribution in [3.05, 3.63) is 29.8 Å². The van der Waals surface area contributed by atoms with Gasteiger partial charge in [0.15, 0.2) is 0 Å². The zero-order chi connectivity index (χ0) is 12.8. The highest BCUT2D eigenvalue weighted by atomic mass is 16.1. The number of nitrogens with two attached hydrogens (primary N) is 1. The van der Waals surface area contributed by atoms with Gasteiger partial charge in [-0.3, -0.25) is 4.79 Å². The molecule has 2 unspecified atom stereocenters. The summed E-state index contributed by atoms with van der Waals surface area (Å²) in [6, 6.07) is 7.79. The number of para-hydroxylation sites is 1. The molecule has 3 N–H and O–H groups in total. The Hall–Kier alpha value is -1.35. The first-order chi connectivity index (χ1) is 8.06. The number of hydrogen-bond donors (Lipinski definition) is 2. The van der Waals surface area contributed by atoms with Crippen LogP contribution in [0, 0.1) is 5.92 Å². The summed E-state index contributed by atoms with van der Waals surface area (Å²) in [6.45, 7) is 5.83. The molecule has 1 rings (SSSR count). The predicted molar refractivity (Wildman–Crippen MR) is 71.9 cm³/mol. The fourth-order valence-corrected chi connectivity index (χ4v) is 1.61. The molecule has 2 atom stereocenters. The van der Waals surface area contributed by atoms with Gasteiger partial charge in [-0.15, -0.1) is 0 Å². The van der Waals surface area contributed by atoms with Crippen LogP contribution in [0.15, 0.2) is 24.3 Å². The fourth-order valence-electron chi connectivity index (χ4n) is 1.61. The Labute approximate surface area is 103 Å². The largest absolute Gasteiger partial charge is 0.327 e. The molecule has 0 bridgehead atoms. The Morgan fingerprint density at radius 1 is 1.35 bits per heavy atom. The van der Waals surface area contributed by atoms with Crippen LogP contribution >= 0.6 is 0 Å². The summed E-state index contributed by atoms with van der Waals surface area (Å²) < 4.78 is 0. The van der Waals surface area contributed by atoms with Crippen LogP contribution < -0.4 is 11.1 Å². The molecular formula is C14H22N2O. The van der Waals surface area contributed by atoms with Crippen molar-refractivity contribution < 1.29 is 4.79 Å². The van der Waals surface area contributed by atoms with Gasteiger partial charge in [0.2, 0.25) is 5.91 Å². The van der Waals surface area contributed by atoms with Crippen molar-refractivity contribution in [2.75, 3.05) is 5.32 Å². The molecule has 0 aliphatic heterocycles. The number of benzene rings is 1. The standard InChI is InChI=1S/C14H22N2O/c1-4-7-12-8-5-6-9-13(12)16-14(17)10(2)11(3)15/h5-6,8-11H,4,7,15H2,1-3H3,(H,16,17). The van der Waals surface area contributed by atoms with Gasteiger partial charge in [0, 0.05) is 11.7 Å². The summed E-state index contributed by atoms with van der Waals surface area (Å²) in [5.74, 6) is -0.187. The normalized spacial score (nSPS) is 14.1. The van der Waals surface area contributed by atoms with E-state index in [2.05, 4.69) is 18.3 Å². The topological polar surface area (TPSA) is 55.1 Å². The number of rotatable bonds is 5. The highest BCUT2D eigenvalue weighted by molar-refractivity contribution is 5.93. The summed E-state index contributed by atoms with van der Waals surface area (Å²) >= 11 is 0. The van der Waals surface area contributed by atoms with Gasteiger partial charge in [-0.05, 0) is 25.0 Å². The lowest BCUT2D eigenvalue weighted by Crippen LogP contribution is -2.34. The molecule has 0 aliphatic carbocycles. The van der Waals surface area contributed by atoms with Gasteiger partial charge in [0.25, 0.3) is 0 Å². The predicted octanol–water partition coefficient (Wildman–Crippen LogP) is 2.56. The van der Waals surface area contributed by atoms with E-state index >= 15 is 0 Å². The number of hydrogen-bond acceptors (Lipinski definition) is 2. The summed E-state index contributed by atoms with van der Waals surface area (Å²) in [4.78, 5) is 11.9. The highest BCUT2D eigenvalue weighted by Gasteiger charge is 2.17. The van der Waals surface area contributed by atoms with Crippen LogP contribution in [0.4, 0.5) is 5.69 Å². The first-order valence-corrected chi connectivity index (χ1v) is 6.20. The molecule has 0 radical (unpaired) electrons. The number of anilines is 1. The van der Waals surface area contributed by atoms with Gasteiger partial charge in [-0.1, -0.05) is 38.5 Å². The number of amides is 1. The Morgan fingerprint density at radius 3 is 2.59 bits per heavy atom. The highest BCUT2D eigenvalue weighted by Crippen LogP contribution is 2.18. The van der Waals surface area contributed by atoms with Crippen molar-refractivity contribution in [3.63, 3.8) is 0 Å². The molecule has 3 nitrogen and oxygen atoms in total. The van der Waals surface area contributed by atoms with E-state index in [4.69, 9.17) is 5.73 Å². The molecule has 3 heteroatoms. The zero-order valence-corrected chi connectivity index (χ0v) is 10.9. The third-order valence-electron chi connectivity index (χ3n) is 3.00. The van der Waals surface area contributed by atoms with Crippen LogP contribution in [0.2, 0.25) is 0 Å². The second-order valence-electron chi connectivity index (χ2n) is 4.54. The van der Waals surface area contributed by atoms with E-state index in [0.717, 1.165) is 18.5 Å². The monoisotopic (exact) mass is 234 g/mol. The van der Waals surface area contributed by atoms with Crippen LogP contribution in [-0.2, 0) is 11.2 Å². The minimum Gasteiger partial charge on any atom is -0.327 e. The van der Waals surface area contributed by atoms with E-state index < -0.39 is 0 Å². The Balaban J connectivity index is 2.77. The number of aryl methyl sites for hydroxylation is 1. The molecule has 0 heterocycles. The summed E-state index contributed by atoms with van der Waals surface area (Å²) in [7, 11) is 0. The van der Waals surface area contributed by atoms with Gasteiger partial charge >= 0.3 is 0 Å². The van der Waals surface area contributed by atoms with Crippen LogP contribution in [0.5, 0.6) is 0 Å². The lowest BCUT2D eigenvalue weighted by atomic mass is 10.0. The van der Waals surface area contributed by atoms with Crippen LogP contribution in [0.3, 0.4) is 0 Å².